The molecular formula is C14H12N2O2. The third-order valence-electron chi connectivity index (χ3n) is 2.60. The lowest BCUT2D eigenvalue weighted by Crippen LogP contribution is -2.22. The van der Waals surface area contributed by atoms with Crippen molar-refractivity contribution in [1.29, 1.82) is 5.26 Å². The average molecular weight is 240 g/mol. The lowest BCUT2D eigenvalue weighted by molar-refractivity contribution is 0.0922. The van der Waals surface area contributed by atoms with Gasteiger partial charge in [0.25, 0.3) is 5.91 Å². The zero-order valence-corrected chi connectivity index (χ0v) is 9.93. The molecule has 90 valence electrons. The molecule has 2 rings (SSSR count). The number of aryl methyl sites for hydroxylation is 1. The van der Waals surface area contributed by atoms with Crippen molar-refractivity contribution in [3.8, 4) is 6.07 Å². The van der Waals surface area contributed by atoms with Crippen molar-refractivity contribution >= 4 is 5.91 Å². The van der Waals surface area contributed by atoms with Crippen LogP contribution in [0, 0.1) is 18.3 Å². The smallest absolute Gasteiger partial charge is 0.287 e. The normalized spacial score (nSPS) is 9.78. The highest BCUT2D eigenvalue weighted by atomic mass is 16.3. The lowest BCUT2D eigenvalue weighted by atomic mass is 10.1. The van der Waals surface area contributed by atoms with Gasteiger partial charge in [-0.05, 0) is 30.7 Å². The maximum absolute atomic E-state index is 11.8. The van der Waals surface area contributed by atoms with Crippen LogP contribution in [-0.2, 0) is 6.54 Å². The number of nitrogens with one attached hydrogen (secondary N) is 1. The quantitative estimate of drug-likeness (QED) is 0.895. The molecule has 2 aromatic rings. The second-order valence-electron chi connectivity index (χ2n) is 3.92. The molecule has 1 heterocycles. The molecule has 0 radical (unpaired) electrons. The van der Waals surface area contributed by atoms with Crippen molar-refractivity contribution in [2.45, 2.75) is 13.5 Å². The summed E-state index contributed by atoms with van der Waals surface area (Å²) in [5.41, 5.74) is 2.35. The highest BCUT2D eigenvalue weighted by molar-refractivity contribution is 5.92. The van der Waals surface area contributed by atoms with Gasteiger partial charge in [-0.25, -0.2) is 0 Å². The average Bonchev–Trinajstić information content (AvgIpc) is 2.83. The van der Waals surface area contributed by atoms with E-state index in [4.69, 9.17) is 9.68 Å². The summed E-state index contributed by atoms with van der Waals surface area (Å²) < 4.78 is 5.10. The molecule has 0 unspecified atom stereocenters. The van der Waals surface area contributed by atoms with Crippen molar-refractivity contribution in [2.24, 2.45) is 0 Å². The number of rotatable bonds is 3. The van der Waals surface area contributed by atoms with Crippen LogP contribution in [0.2, 0.25) is 0 Å². The predicted octanol–water partition coefficient (Wildman–Crippen LogP) is 2.39. The highest BCUT2D eigenvalue weighted by Gasteiger charge is 2.11. The first-order valence-electron chi connectivity index (χ1n) is 5.52. The van der Waals surface area contributed by atoms with Crippen LogP contribution in [0.5, 0.6) is 0 Å². The monoisotopic (exact) mass is 240 g/mol. The van der Waals surface area contributed by atoms with Gasteiger partial charge < -0.3 is 9.73 Å². The van der Waals surface area contributed by atoms with E-state index in [1.54, 1.807) is 18.2 Å². The second-order valence-corrected chi connectivity index (χ2v) is 3.92. The van der Waals surface area contributed by atoms with E-state index in [2.05, 4.69) is 5.32 Å². The molecular weight excluding hydrogens is 228 g/mol. The van der Waals surface area contributed by atoms with E-state index < -0.39 is 0 Å². The van der Waals surface area contributed by atoms with Crippen LogP contribution in [0.3, 0.4) is 0 Å². The van der Waals surface area contributed by atoms with Gasteiger partial charge in [-0.3, -0.25) is 4.79 Å². The molecule has 0 spiro atoms. The van der Waals surface area contributed by atoms with Crippen LogP contribution in [0.15, 0.2) is 41.0 Å². The minimum Gasteiger partial charge on any atom is -0.459 e. The van der Waals surface area contributed by atoms with Crippen LogP contribution in [0.1, 0.15) is 27.2 Å². The first-order valence-corrected chi connectivity index (χ1v) is 5.52. The zero-order valence-electron chi connectivity index (χ0n) is 9.93. The molecule has 4 heteroatoms. The van der Waals surface area contributed by atoms with Crippen LogP contribution in [-0.4, -0.2) is 5.91 Å². The van der Waals surface area contributed by atoms with E-state index in [0.717, 1.165) is 11.1 Å². The minimum absolute atomic E-state index is 0.234. The largest absolute Gasteiger partial charge is 0.459 e. The summed E-state index contributed by atoms with van der Waals surface area (Å²) in [5.74, 6) is 0.102. The number of carbonyl (C=O) groups is 1. The number of hydrogen-bond acceptors (Lipinski definition) is 3. The standard InChI is InChI=1S/C14H12N2O2/c1-10-6-7-18-13(10)14(17)16-9-12-4-2-11(8-15)3-5-12/h2-7H,9H2,1H3,(H,16,17). The summed E-state index contributed by atoms with van der Waals surface area (Å²) in [4.78, 5) is 11.8. The number of carbonyl (C=O) groups excluding carboxylic acids is 1. The molecule has 0 atom stereocenters. The van der Waals surface area contributed by atoms with E-state index in [0.29, 0.717) is 17.9 Å². The summed E-state index contributed by atoms with van der Waals surface area (Å²) in [6.07, 6.45) is 1.49. The molecule has 0 fully saturated rings. The third-order valence-corrected chi connectivity index (χ3v) is 2.60. The van der Waals surface area contributed by atoms with E-state index in [9.17, 15) is 4.79 Å². The third kappa shape index (κ3) is 2.58. The number of hydrogen-bond donors (Lipinski definition) is 1. The van der Waals surface area contributed by atoms with Crippen molar-refractivity contribution in [2.75, 3.05) is 0 Å². The molecule has 0 aliphatic rings. The van der Waals surface area contributed by atoms with E-state index >= 15 is 0 Å². The molecule has 18 heavy (non-hydrogen) atoms. The fraction of sp³-hybridized carbons (Fsp3) is 0.143. The SMILES string of the molecule is Cc1ccoc1C(=O)NCc1ccc(C#N)cc1. The summed E-state index contributed by atoms with van der Waals surface area (Å²) in [6, 6.07) is 10.9. The molecule has 0 bridgehead atoms. The maximum atomic E-state index is 11.8. The van der Waals surface area contributed by atoms with Gasteiger partial charge in [-0.15, -0.1) is 0 Å². The van der Waals surface area contributed by atoms with Gasteiger partial charge in [0, 0.05) is 12.1 Å². The Bertz CT molecular complexity index is 591. The Kier molecular flexibility index (Phi) is 3.44. The number of furan rings is 1. The molecule has 1 amide bonds. The van der Waals surface area contributed by atoms with Crippen molar-refractivity contribution in [1.82, 2.24) is 5.32 Å². The molecule has 1 aromatic heterocycles. The van der Waals surface area contributed by atoms with E-state index in [1.165, 1.54) is 6.26 Å². The molecule has 0 aliphatic heterocycles. The minimum atomic E-state index is -0.234. The summed E-state index contributed by atoms with van der Waals surface area (Å²) >= 11 is 0. The number of amides is 1. The maximum Gasteiger partial charge on any atom is 0.287 e. The Morgan fingerprint density at radius 2 is 2.06 bits per heavy atom. The van der Waals surface area contributed by atoms with Crippen LogP contribution < -0.4 is 5.32 Å². The van der Waals surface area contributed by atoms with Gasteiger partial charge in [-0.1, -0.05) is 12.1 Å². The first kappa shape index (κ1) is 11.9. The lowest BCUT2D eigenvalue weighted by Gasteiger charge is -2.04. The number of nitriles is 1. The van der Waals surface area contributed by atoms with Gasteiger partial charge in [0.1, 0.15) is 0 Å². The van der Waals surface area contributed by atoms with Crippen molar-refractivity contribution in [3.05, 3.63) is 59.0 Å². The summed E-state index contributed by atoms with van der Waals surface area (Å²) in [5, 5.41) is 11.4. The van der Waals surface area contributed by atoms with Crippen LogP contribution >= 0.6 is 0 Å². The Morgan fingerprint density at radius 3 is 2.61 bits per heavy atom. The Labute approximate surface area is 105 Å². The van der Waals surface area contributed by atoms with Crippen molar-refractivity contribution in [3.63, 3.8) is 0 Å². The Balaban J connectivity index is 1.97. The molecule has 1 aromatic carbocycles. The fourth-order valence-electron chi connectivity index (χ4n) is 1.57. The molecule has 4 nitrogen and oxygen atoms in total. The zero-order chi connectivity index (χ0) is 13.0. The number of benzene rings is 1. The molecule has 0 aliphatic carbocycles. The Morgan fingerprint density at radius 1 is 1.33 bits per heavy atom. The topological polar surface area (TPSA) is 66.0 Å². The van der Waals surface area contributed by atoms with Crippen LogP contribution in [0.4, 0.5) is 0 Å². The summed E-state index contributed by atoms with van der Waals surface area (Å²) in [6.45, 7) is 2.23. The van der Waals surface area contributed by atoms with Gasteiger partial charge in [0.15, 0.2) is 5.76 Å². The fourth-order valence-corrected chi connectivity index (χ4v) is 1.57. The van der Waals surface area contributed by atoms with Gasteiger partial charge in [0.05, 0.1) is 17.9 Å². The second kappa shape index (κ2) is 5.19. The highest BCUT2D eigenvalue weighted by Crippen LogP contribution is 2.09. The summed E-state index contributed by atoms with van der Waals surface area (Å²) in [7, 11) is 0. The Hall–Kier alpha value is -2.54. The van der Waals surface area contributed by atoms with E-state index in [-0.39, 0.29) is 5.91 Å². The first-order chi connectivity index (χ1) is 8.70. The van der Waals surface area contributed by atoms with Crippen molar-refractivity contribution < 1.29 is 9.21 Å². The van der Waals surface area contributed by atoms with Gasteiger partial charge in [0.2, 0.25) is 0 Å². The van der Waals surface area contributed by atoms with Gasteiger partial charge in [-0.2, -0.15) is 5.26 Å². The molecule has 1 N–H and O–H groups in total. The molecule has 0 saturated heterocycles. The molecule has 0 saturated carbocycles. The van der Waals surface area contributed by atoms with E-state index in [1.807, 2.05) is 25.1 Å². The van der Waals surface area contributed by atoms with Crippen LogP contribution in [0.25, 0.3) is 0 Å². The predicted molar refractivity (Wildman–Crippen MR) is 65.8 cm³/mol. The number of nitrogens with zero attached hydrogens (tertiary/aromatic N) is 1. The van der Waals surface area contributed by atoms with Gasteiger partial charge >= 0.3 is 0 Å².